The van der Waals surface area contributed by atoms with Gasteiger partial charge in [0.2, 0.25) is 0 Å². The quantitative estimate of drug-likeness (QED) is 0.700. The average Bonchev–Trinajstić information content (AvgIpc) is 3.02. The minimum atomic E-state index is -1.01. The number of para-hydroxylation sites is 1. The molecule has 0 unspecified atom stereocenters. The van der Waals surface area contributed by atoms with Crippen LogP contribution in [0.3, 0.4) is 0 Å². The van der Waals surface area contributed by atoms with Gasteiger partial charge in [0, 0.05) is 22.7 Å². The molecule has 3 rings (SSSR count). The van der Waals surface area contributed by atoms with Crippen LogP contribution in [-0.4, -0.2) is 30.3 Å². The zero-order valence-corrected chi connectivity index (χ0v) is 13.4. The molecule has 5 nitrogen and oxygen atoms in total. The Morgan fingerprint density at radius 1 is 1.08 bits per heavy atom. The zero-order valence-electron chi connectivity index (χ0n) is 13.4. The predicted octanol–water partition coefficient (Wildman–Crippen LogP) is 3.81. The number of fused-ring (bicyclic) bond motifs is 1. The zero-order chi connectivity index (χ0) is 17.1. The number of hydrogen-bond acceptors (Lipinski definition) is 3. The van der Waals surface area contributed by atoms with Crippen LogP contribution in [0, 0.1) is 0 Å². The fourth-order valence-electron chi connectivity index (χ4n) is 2.64. The van der Waals surface area contributed by atoms with Gasteiger partial charge >= 0.3 is 5.97 Å². The summed E-state index contributed by atoms with van der Waals surface area (Å²) in [4.78, 5) is 14.9. The predicted molar refractivity (Wildman–Crippen MR) is 93.4 cm³/mol. The third-order valence-corrected chi connectivity index (χ3v) is 3.85. The van der Waals surface area contributed by atoms with Gasteiger partial charge in [0.25, 0.3) is 0 Å². The first-order chi connectivity index (χ1) is 11.6. The summed E-state index contributed by atoms with van der Waals surface area (Å²) < 4.78 is 10.5. The SMILES string of the molecule is COc1ccc(/C(=C/c2c[nH]c3ccccc23)C(=O)O)cc1OC. The first kappa shape index (κ1) is 15.7. The minimum absolute atomic E-state index is 0.181. The van der Waals surface area contributed by atoms with Crippen molar-refractivity contribution >= 4 is 28.5 Å². The number of H-pyrrole nitrogens is 1. The number of carbonyl (C=O) groups is 1. The van der Waals surface area contributed by atoms with E-state index in [-0.39, 0.29) is 5.57 Å². The molecule has 0 aliphatic rings. The van der Waals surface area contributed by atoms with Gasteiger partial charge in [-0.15, -0.1) is 0 Å². The van der Waals surface area contributed by atoms with Crippen molar-refractivity contribution in [2.24, 2.45) is 0 Å². The number of nitrogens with one attached hydrogen (secondary N) is 1. The van der Waals surface area contributed by atoms with Crippen LogP contribution in [0.25, 0.3) is 22.6 Å². The van der Waals surface area contributed by atoms with Crippen molar-refractivity contribution in [3.63, 3.8) is 0 Å². The standard InChI is InChI=1S/C19H17NO4/c1-23-17-8-7-12(10-18(17)24-2)15(19(21)22)9-13-11-20-16-6-4-3-5-14(13)16/h3-11,20H,1-2H3,(H,21,22)/b15-9-. The second-order valence-electron chi connectivity index (χ2n) is 5.22. The highest BCUT2D eigenvalue weighted by molar-refractivity contribution is 6.21. The molecule has 0 saturated carbocycles. The van der Waals surface area contributed by atoms with Crippen molar-refractivity contribution in [1.29, 1.82) is 0 Å². The summed E-state index contributed by atoms with van der Waals surface area (Å²) in [5.74, 6) is 0.0339. The monoisotopic (exact) mass is 323 g/mol. The number of carboxylic acids is 1. The molecule has 0 saturated heterocycles. The van der Waals surface area contributed by atoms with Crippen LogP contribution in [0.2, 0.25) is 0 Å². The number of methoxy groups -OCH3 is 2. The van der Waals surface area contributed by atoms with Gasteiger partial charge in [0.15, 0.2) is 11.5 Å². The maximum Gasteiger partial charge on any atom is 0.336 e. The van der Waals surface area contributed by atoms with E-state index in [9.17, 15) is 9.90 Å². The van der Waals surface area contributed by atoms with Crippen LogP contribution in [-0.2, 0) is 4.79 Å². The summed E-state index contributed by atoms with van der Waals surface area (Å²) in [6.07, 6.45) is 3.46. The van der Waals surface area contributed by atoms with Crippen LogP contribution in [0.5, 0.6) is 11.5 Å². The van der Waals surface area contributed by atoms with Crippen molar-refractivity contribution in [2.75, 3.05) is 14.2 Å². The Kier molecular flexibility index (Phi) is 4.24. The molecule has 122 valence electrons. The Morgan fingerprint density at radius 2 is 1.83 bits per heavy atom. The number of rotatable bonds is 5. The number of ether oxygens (including phenoxy) is 2. The van der Waals surface area contributed by atoms with Gasteiger partial charge in [-0.05, 0) is 29.8 Å². The van der Waals surface area contributed by atoms with Crippen LogP contribution < -0.4 is 9.47 Å². The molecule has 1 aromatic heterocycles. The second kappa shape index (κ2) is 6.50. The van der Waals surface area contributed by atoms with Crippen LogP contribution in [0.15, 0.2) is 48.7 Å². The topological polar surface area (TPSA) is 71.6 Å². The van der Waals surface area contributed by atoms with E-state index in [0.717, 1.165) is 16.5 Å². The van der Waals surface area contributed by atoms with Crippen molar-refractivity contribution in [3.8, 4) is 11.5 Å². The molecule has 0 aliphatic heterocycles. The van der Waals surface area contributed by atoms with E-state index in [1.165, 1.54) is 14.2 Å². The molecule has 1 heterocycles. The number of aromatic nitrogens is 1. The summed E-state index contributed by atoms with van der Waals surface area (Å²) in [6.45, 7) is 0. The van der Waals surface area contributed by atoms with Crippen molar-refractivity contribution in [3.05, 3.63) is 59.8 Å². The van der Waals surface area contributed by atoms with Crippen LogP contribution in [0.1, 0.15) is 11.1 Å². The number of aliphatic carboxylic acids is 1. The highest BCUT2D eigenvalue weighted by Crippen LogP contribution is 2.32. The molecule has 0 spiro atoms. The first-order valence-corrected chi connectivity index (χ1v) is 7.37. The normalized spacial score (nSPS) is 11.5. The molecule has 3 aromatic rings. The molecule has 24 heavy (non-hydrogen) atoms. The lowest BCUT2D eigenvalue weighted by molar-refractivity contribution is -0.130. The molecule has 2 N–H and O–H groups in total. The lowest BCUT2D eigenvalue weighted by atomic mass is 10.0. The lowest BCUT2D eigenvalue weighted by Gasteiger charge is -2.10. The fraction of sp³-hybridized carbons (Fsp3) is 0.105. The highest BCUT2D eigenvalue weighted by Gasteiger charge is 2.15. The molecular weight excluding hydrogens is 306 g/mol. The Labute approximate surface area is 139 Å². The van der Waals surface area contributed by atoms with Gasteiger partial charge < -0.3 is 19.6 Å². The lowest BCUT2D eigenvalue weighted by Crippen LogP contribution is -2.00. The van der Waals surface area contributed by atoms with Crippen LogP contribution in [0.4, 0.5) is 0 Å². The van der Waals surface area contributed by atoms with E-state index in [1.54, 1.807) is 30.5 Å². The van der Waals surface area contributed by atoms with E-state index in [1.807, 2.05) is 24.3 Å². The van der Waals surface area contributed by atoms with Crippen molar-refractivity contribution in [1.82, 2.24) is 4.98 Å². The molecular formula is C19H17NO4. The number of aromatic amines is 1. The number of benzene rings is 2. The Hall–Kier alpha value is -3.21. The number of hydrogen-bond donors (Lipinski definition) is 2. The second-order valence-corrected chi connectivity index (χ2v) is 5.22. The van der Waals surface area contributed by atoms with Gasteiger partial charge in [-0.2, -0.15) is 0 Å². The van der Waals surface area contributed by atoms with E-state index in [0.29, 0.717) is 17.1 Å². The van der Waals surface area contributed by atoms with Crippen molar-refractivity contribution in [2.45, 2.75) is 0 Å². The minimum Gasteiger partial charge on any atom is -0.493 e. The molecule has 0 amide bonds. The summed E-state index contributed by atoms with van der Waals surface area (Å²) in [6, 6.07) is 12.8. The maximum absolute atomic E-state index is 11.8. The fourth-order valence-corrected chi connectivity index (χ4v) is 2.64. The molecule has 2 aromatic carbocycles. The van der Waals surface area contributed by atoms with Gasteiger partial charge in [0.05, 0.1) is 19.8 Å². The summed E-state index contributed by atoms with van der Waals surface area (Å²) >= 11 is 0. The van der Waals surface area contributed by atoms with Gasteiger partial charge in [0.1, 0.15) is 0 Å². The van der Waals surface area contributed by atoms with Gasteiger partial charge in [-0.3, -0.25) is 0 Å². The largest absolute Gasteiger partial charge is 0.493 e. The average molecular weight is 323 g/mol. The molecule has 0 aliphatic carbocycles. The molecule has 0 bridgehead atoms. The number of carboxylic acid groups (broad SMARTS) is 1. The summed E-state index contributed by atoms with van der Waals surface area (Å²) in [5.41, 5.74) is 2.50. The van der Waals surface area contributed by atoms with E-state index in [2.05, 4.69) is 4.98 Å². The van der Waals surface area contributed by atoms with Crippen LogP contribution >= 0.6 is 0 Å². The maximum atomic E-state index is 11.8. The third kappa shape index (κ3) is 2.84. The van der Waals surface area contributed by atoms with Gasteiger partial charge in [-0.1, -0.05) is 24.3 Å². The first-order valence-electron chi connectivity index (χ1n) is 7.37. The molecule has 0 radical (unpaired) electrons. The third-order valence-electron chi connectivity index (χ3n) is 3.85. The molecule has 5 heteroatoms. The summed E-state index contributed by atoms with van der Waals surface area (Å²) in [7, 11) is 3.06. The van der Waals surface area contributed by atoms with Crippen molar-refractivity contribution < 1.29 is 19.4 Å². The Bertz CT molecular complexity index is 924. The molecule has 0 fully saturated rings. The highest BCUT2D eigenvalue weighted by atomic mass is 16.5. The smallest absolute Gasteiger partial charge is 0.336 e. The Balaban J connectivity index is 2.12. The Morgan fingerprint density at radius 3 is 2.54 bits per heavy atom. The van der Waals surface area contributed by atoms with E-state index in [4.69, 9.17) is 9.47 Å². The van der Waals surface area contributed by atoms with E-state index >= 15 is 0 Å². The van der Waals surface area contributed by atoms with E-state index < -0.39 is 5.97 Å². The molecule has 0 atom stereocenters. The van der Waals surface area contributed by atoms with Gasteiger partial charge in [-0.25, -0.2) is 4.79 Å². The summed E-state index contributed by atoms with van der Waals surface area (Å²) in [5, 5.41) is 10.6.